The molecule has 2 N–H and O–H groups in total. The predicted octanol–water partition coefficient (Wildman–Crippen LogP) is 3.08. The fourth-order valence-corrected chi connectivity index (χ4v) is 3.47. The summed E-state index contributed by atoms with van der Waals surface area (Å²) >= 11 is 0. The number of aromatic nitrogens is 4. The topological polar surface area (TPSA) is 102 Å². The molecule has 164 valence electrons. The van der Waals surface area contributed by atoms with Gasteiger partial charge in [0.15, 0.2) is 0 Å². The number of carbonyl (C=O) groups excluding carboxylic acids is 1. The van der Waals surface area contributed by atoms with Gasteiger partial charge in [-0.1, -0.05) is 0 Å². The van der Waals surface area contributed by atoms with Gasteiger partial charge in [0.05, 0.1) is 23.5 Å². The molecule has 4 aromatic rings. The third-order valence-electron chi connectivity index (χ3n) is 5.19. The van der Waals surface area contributed by atoms with E-state index in [-0.39, 0.29) is 11.5 Å². The van der Waals surface area contributed by atoms with Crippen LogP contribution in [0.5, 0.6) is 5.75 Å². The fraction of sp³-hybridized carbons (Fsp3) is 0.250. The van der Waals surface area contributed by atoms with Crippen LogP contribution in [-0.4, -0.2) is 38.8 Å². The summed E-state index contributed by atoms with van der Waals surface area (Å²) in [6.07, 6.45) is 5.08. The number of nitrogens with one attached hydrogen (secondary N) is 2. The van der Waals surface area contributed by atoms with E-state index in [0.29, 0.717) is 41.2 Å². The highest BCUT2D eigenvalue weighted by Gasteiger charge is 2.13. The standard InChI is InChI=1S/C24H25N5O3/c1-3-32-22-15-20(16-9-12-29(2)23(30)14-16)27-21-13-17(6-7-19(21)22)24(31)25-10-4-5-18-8-11-26-28-18/h6-9,11-15H,3-5,10H2,1-2H3,(H,25,31)(H,26,28). The number of aryl methyl sites for hydroxylation is 2. The number of benzene rings is 1. The smallest absolute Gasteiger partial charge is 0.251 e. The number of nitrogens with zero attached hydrogens (tertiary/aromatic N) is 3. The van der Waals surface area contributed by atoms with E-state index in [1.807, 2.05) is 31.2 Å². The number of pyridine rings is 2. The van der Waals surface area contributed by atoms with E-state index in [1.165, 1.54) is 4.57 Å². The Morgan fingerprint density at radius 3 is 2.81 bits per heavy atom. The van der Waals surface area contributed by atoms with Gasteiger partial charge >= 0.3 is 0 Å². The Kier molecular flexibility index (Phi) is 6.30. The maximum atomic E-state index is 12.7. The first kappa shape index (κ1) is 21.3. The second kappa shape index (κ2) is 9.47. The van der Waals surface area contributed by atoms with Gasteiger partial charge in [0, 0.05) is 54.6 Å². The Balaban J connectivity index is 1.58. The van der Waals surface area contributed by atoms with E-state index in [4.69, 9.17) is 9.72 Å². The first-order valence-corrected chi connectivity index (χ1v) is 10.6. The average molecular weight is 431 g/mol. The predicted molar refractivity (Wildman–Crippen MR) is 123 cm³/mol. The second-order valence-electron chi connectivity index (χ2n) is 7.46. The summed E-state index contributed by atoms with van der Waals surface area (Å²) in [4.78, 5) is 29.5. The van der Waals surface area contributed by atoms with Crippen LogP contribution in [0.15, 0.2) is 59.7 Å². The Morgan fingerprint density at radius 1 is 1.19 bits per heavy atom. The van der Waals surface area contributed by atoms with Crippen LogP contribution in [-0.2, 0) is 13.5 Å². The van der Waals surface area contributed by atoms with Crippen molar-refractivity contribution in [3.05, 3.63) is 76.5 Å². The normalized spacial score (nSPS) is 10.9. The van der Waals surface area contributed by atoms with Crippen LogP contribution >= 0.6 is 0 Å². The summed E-state index contributed by atoms with van der Waals surface area (Å²) < 4.78 is 7.32. The van der Waals surface area contributed by atoms with E-state index in [1.54, 1.807) is 37.6 Å². The number of hydrogen-bond donors (Lipinski definition) is 2. The highest BCUT2D eigenvalue weighted by Crippen LogP contribution is 2.30. The molecule has 0 aliphatic rings. The molecule has 0 atom stereocenters. The van der Waals surface area contributed by atoms with Crippen LogP contribution < -0.4 is 15.6 Å². The minimum Gasteiger partial charge on any atom is -0.493 e. The van der Waals surface area contributed by atoms with Crippen LogP contribution in [0.25, 0.3) is 22.2 Å². The highest BCUT2D eigenvalue weighted by molar-refractivity contribution is 5.99. The number of amides is 1. The van der Waals surface area contributed by atoms with Crippen molar-refractivity contribution in [2.45, 2.75) is 19.8 Å². The van der Waals surface area contributed by atoms with Crippen molar-refractivity contribution in [1.29, 1.82) is 0 Å². The molecule has 0 saturated heterocycles. The molecule has 0 aliphatic carbocycles. The summed E-state index contributed by atoms with van der Waals surface area (Å²) in [5, 5.41) is 10.7. The van der Waals surface area contributed by atoms with Gasteiger partial charge in [0.2, 0.25) is 0 Å². The maximum Gasteiger partial charge on any atom is 0.251 e. The average Bonchev–Trinajstić information content (AvgIpc) is 3.31. The van der Waals surface area contributed by atoms with E-state index in [2.05, 4.69) is 15.5 Å². The zero-order valence-corrected chi connectivity index (χ0v) is 18.1. The molecule has 0 saturated carbocycles. The summed E-state index contributed by atoms with van der Waals surface area (Å²) in [5.74, 6) is 0.506. The van der Waals surface area contributed by atoms with E-state index in [9.17, 15) is 9.59 Å². The van der Waals surface area contributed by atoms with E-state index < -0.39 is 0 Å². The molecule has 1 aromatic carbocycles. The number of H-pyrrole nitrogens is 1. The number of hydrogen-bond acceptors (Lipinski definition) is 5. The van der Waals surface area contributed by atoms with Crippen molar-refractivity contribution in [1.82, 2.24) is 25.1 Å². The summed E-state index contributed by atoms with van der Waals surface area (Å²) in [6.45, 7) is 2.96. The molecule has 4 rings (SSSR count). The molecule has 0 aliphatic heterocycles. The quantitative estimate of drug-likeness (QED) is 0.418. The van der Waals surface area contributed by atoms with Crippen LogP contribution in [0.4, 0.5) is 0 Å². The number of aromatic amines is 1. The molecule has 3 heterocycles. The first-order chi connectivity index (χ1) is 15.5. The third kappa shape index (κ3) is 4.69. The molecule has 0 fully saturated rings. The molecule has 8 heteroatoms. The lowest BCUT2D eigenvalue weighted by atomic mass is 10.1. The molecule has 0 unspecified atom stereocenters. The first-order valence-electron chi connectivity index (χ1n) is 10.6. The van der Waals surface area contributed by atoms with Crippen LogP contribution in [0.1, 0.15) is 29.4 Å². The molecular weight excluding hydrogens is 406 g/mol. The Labute approximate surface area is 185 Å². The largest absolute Gasteiger partial charge is 0.493 e. The van der Waals surface area contributed by atoms with E-state index in [0.717, 1.165) is 23.9 Å². The molecule has 3 aromatic heterocycles. The zero-order chi connectivity index (χ0) is 22.5. The second-order valence-corrected chi connectivity index (χ2v) is 7.46. The molecule has 32 heavy (non-hydrogen) atoms. The van der Waals surface area contributed by atoms with Crippen molar-refractivity contribution >= 4 is 16.8 Å². The minimum atomic E-state index is -0.160. The molecular formula is C24H25N5O3. The Bertz CT molecular complexity index is 1290. The lowest BCUT2D eigenvalue weighted by Crippen LogP contribution is -2.24. The van der Waals surface area contributed by atoms with Gasteiger partial charge in [-0.05, 0) is 50.1 Å². The summed E-state index contributed by atoms with van der Waals surface area (Å²) in [5.41, 5.74) is 3.33. The maximum absolute atomic E-state index is 12.7. The van der Waals surface area contributed by atoms with Gasteiger partial charge in [-0.3, -0.25) is 14.7 Å². The zero-order valence-electron chi connectivity index (χ0n) is 18.1. The van der Waals surface area contributed by atoms with Gasteiger partial charge in [-0.2, -0.15) is 5.10 Å². The van der Waals surface area contributed by atoms with Crippen molar-refractivity contribution < 1.29 is 9.53 Å². The van der Waals surface area contributed by atoms with Crippen LogP contribution in [0.3, 0.4) is 0 Å². The molecule has 0 spiro atoms. The third-order valence-corrected chi connectivity index (χ3v) is 5.19. The van der Waals surface area contributed by atoms with Gasteiger partial charge in [0.25, 0.3) is 11.5 Å². The van der Waals surface area contributed by atoms with Crippen molar-refractivity contribution in [2.75, 3.05) is 13.2 Å². The number of ether oxygens (including phenoxy) is 1. The van der Waals surface area contributed by atoms with Crippen molar-refractivity contribution in [3.63, 3.8) is 0 Å². The number of carbonyl (C=O) groups is 1. The van der Waals surface area contributed by atoms with Gasteiger partial charge < -0.3 is 14.6 Å². The van der Waals surface area contributed by atoms with Crippen molar-refractivity contribution in [3.8, 4) is 17.0 Å². The monoisotopic (exact) mass is 431 g/mol. The van der Waals surface area contributed by atoms with Crippen LogP contribution in [0.2, 0.25) is 0 Å². The molecule has 1 amide bonds. The fourth-order valence-electron chi connectivity index (χ4n) is 3.47. The van der Waals surface area contributed by atoms with Crippen LogP contribution in [0, 0.1) is 0 Å². The molecule has 0 bridgehead atoms. The lowest BCUT2D eigenvalue weighted by Gasteiger charge is -2.12. The number of fused-ring (bicyclic) bond motifs is 1. The Morgan fingerprint density at radius 2 is 2.06 bits per heavy atom. The summed E-state index contributed by atoms with van der Waals surface area (Å²) in [6, 6.07) is 12.5. The Hall–Kier alpha value is -3.94. The summed E-state index contributed by atoms with van der Waals surface area (Å²) in [7, 11) is 1.70. The molecule has 0 radical (unpaired) electrons. The van der Waals surface area contributed by atoms with Gasteiger partial charge in [-0.25, -0.2) is 4.98 Å². The van der Waals surface area contributed by atoms with Gasteiger partial charge in [-0.15, -0.1) is 0 Å². The van der Waals surface area contributed by atoms with E-state index >= 15 is 0 Å². The molecule has 8 nitrogen and oxygen atoms in total. The van der Waals surface area contributed by atoms with Gasteiger partial charge in [0.1, 0.15) is 5.75 Å². The van der Waals surface area contributed by atoms with Crippen molar-refractivity contribution in [2.24, 2.45) is 7.05 Å². The SMILES string of the molecule is CCOc1cc(-c2ccn(C)c(=O)c2)nc2cc(C(=O)NCCCc3cc[nH]n3)ccc12. The minimum absolute atomic E-state index is 0.120. The number of rotatable bonds is 8. The lowest BCUT2D eigenvalue weighted by molar-refractivity contribution is 0.0953. The highest BCUT2D eigenvalue weighted by atomic mass is 16.5.